The van der Waals surface area contributed by atoms with Crippen molar-refractivity contribution in [2.75, 3.05) is 5.73 Å². The first-order valence-electron chi connectivity index (χ1n) is 5.92. The van der Waals surface area contributed by atoms with Gasteiger partial charge >= 0.3 is 0 Å². The van der Waals surface area contributed by atoms with E-state index in [1.54, 1.807) is 22.7 Å². The van der Waals surface area contributed by atoms with E-state index in [1.165, 1.54) is 0 Å². The molecule has 2 aromatic heterocycles. The van der Waals surface area contributed by atoms with Crippen molar-refractivity contribution < 1.29 is 0 Å². The summed E-state index contributed by atoms with van der Waals surface area (Å²) in [5, 5.41) is 6.38. The summed E-state index contributed by atoms with van der Waals surface area (Å²) in [6.07, 6.45) is 0.818. The molecule has 3 nitrogen and oxygen atoms in total. The van der Waals surface area contributed by atoms with Crippen LogP contribution in [0.3, 0.4) is 0 Å². The second kappa shape index (κ2) is 5.11. The lowest BCUT2D eigenvalue weighted by atomic mass is 10.1. The molecule has 3 rings (SSSR count). The van der Waals surface area contributed by atoms with E-state index in [0.29, 0.717) is 0 Å². The Morgan fingerprint density at radius 2 is 1.68 bits per heavy atom. The predicted molar refractivity (Wildman–Crippen MR) is 81.6 cm³/mol. The van der Waals surface area contributed by atoms with E-state index in [2.05, 4.69) is 20.7 Å². The van der Waals surface area contributed by atoms with Gasteiger partial charge in [0, 0.05) is 27.7 Å². The maximum atomic E-state index is 5.69. The van der Waals surface area contributed by atoms with Gasteiger partial charge in [-0.3, -0.25) is 0 Å². The van der Waals surface area contributed by atoms with Gasteiger partial charge in [-0.25, -0.2) is 9.97 Å². The maximum absolute atomic E-state index is 5.69. The van der Waals surface area contributed by atoms with Crippen LogP contribution < -0.4 is 5.73 Å². The summed E-state index contributed by atoms with van der Waals surface area (Å²) in [5.41, 5.74) is 9.66. The third-order valence-corrected chi connectivity index (χ3v) is 4.54. The summed E-state index contributed by atoms with van der Waals surface area (Å²) < 4.78 is 0. The number of aromatic nitrogens is 2. The Morgan fingerprint density at radius 1 is 1.00 bits per heavy atom. The lowest BCUT2D eigenvalue weighted by Crippen LogP contribution is -1.87. The van der Waals surface area contributed by atoms with E-state index in [0.717, 1.165) is 39.1 Å². The molecular weight excluding hydrogens is 274 g/mol. The molecule has 96 valence electrons. The molecule has 0 saturated heterocycles. The molecule has 2 heterocycles. The summed E-state index contributed by atoms with van der Waals surface area (Å²) in [6.45, 7) is 2.02. The third kappa shape index (κ3) is 2.83. The SMILES string of the molecule is Cc1csc(Cc2nc(-c3ccc(N)cc3)cs2)n1. The molecule has 0 bridgehead atoms. The second-order valence-corrected chi connectivity index (χ2v) is 6.19. The van der Waals surface area contributed by atoms with Crippen LogP contribution in [0.15, 0.2) is 35.0 Å². The van der Waals surface area contributed by atoms with Crippen molar-refractivity contribution in [2.24, 2.45) is 0 Å². The van der Waals surface area contributed by atoms with E-state index >= 15 is 0 Å². The van der Waals surface area contributed by atoms with E-state index in [4.69, 9.17) is 5.73 Å². The first-order valence-corrected chi connectivity index (χ1v) is 7.68. The summed E-state index contributed by atoms with van der Waals surface area (Å²) in [5.74, 6) is 0. The van der Waals surface area contributed by atoms with Gasteiger partial charge in [-0.15, -0.1) is 22.7 Å². The molecule has 0 radical (unpaired) electrons. The zero-order valence-corrected chi connectivity index (χ0v) is 12.1. The van der Waals surface area contributed by atoms with Gasteiger partial charge in [-0.2, -0.15) is 0 Å². The summed E-state index contributed by atoms with van der Waals surface area (Å²) in [4.78, 5) is 9.13. The number of hydrogen-bond acceptors (Lipinski definition) is 5. The second-order valence-electron chi connectivity index (χ2n) is 4.31. The highest BCUT2D eigenvalue weighted by Crippen LogP contribution is 2.24. The van der Waals surface area contributed by atoms with E-state index in [9.17, 15) is 0 Å². The molecule has 0 aliphatic heterocycles. The molecule has 0 atom stereocenters. The Hall–Kier alpha value is -1.72. The fourth-order valence-corrected chi connectivity index (χ4v) is 3.47. The van der Waals surface area contributed by atoms with Crippen LogP contribution in [0.5, 0.6) is 0 Å². The molecule has 1 aromatic carbocycles. The van der Waals surface area contributed by atoms with Gasteiger partial charge in [0.25, 0.3) is 0 Å². The van der Waals surface area contributed by atoms with Crippen molar-refractivity contribution in [3.05, 3.63) is 50.7 Å². The standard InChI is InChI=1S/C14H13N3S2/c1-9-7-18-13(16-9)6-14-17-12(8-19-14)10-2-4-11(15)5-3-10/h2-5,7-8H,6,15H2,1H3. The number of aryl methyl sites for hydroxylation is 1. The fraction of sp³-hybridized carbons (Fsp3) is 0.143. The van der Waals surface area contributed by atoms with Gasteiger partial charge in [-0.1, -0.05) is 12.1 Å². The van der Waals surface area contributed by atoms with Gasteiger partial charge < -0.3 is 5.73 Å². The summed E-state index contributed by atoms with van der Waals surface area (Å²) in [7, 11) is 0. The summed E-state index contributed by atoms with van der Waals surface area (Å²) in [6, 6.07) is 7.81. The van der Waals surface area contributed by atoms with E-state index in [-0.39, 0.29) is 0 Å². The lowest BCUT2D eigenvalue weighted by Gasteiger charge is -1.97. The van der Waals surface area contributed by atoms with Gasteiger partial charge in [0.15, 0.2) is 0 Å². The average molecular weight is 287 g/mol. The van der Waals surface area contributed by atoms with Crippen LogP contribution in [-0.2, 0) is 6.42 Å². The molecule has 3 aromatic rings. The largest absolute Gasteiger partial charge is 0.399 e. The average Bonchev–Trinajstić information content (AvgIpc) is 3.00. The topological polar surface area (TPSA) is 51.8 Å². The number of anilines is 1. The predicted octanol–water partition coefficient (Wildman–Crippen LogP) is 3.75. The Labute approximate surface area is 119 Å². The molecule has 0 unspecified atom stereocenters. The molecule has 2 N–H and O–H groups in total. The van der Waals surface area contributed by atoms with Gasteiger partial charge in [0.1, 0.15) is 5.01 Å². The van der Waals surface area contributed by atoms with Crippen LogP contribution in [0.1, 0.15) is 15.7 Å². The van der Waals surface area contributed by atoms with Crippen LogP contribution in [-0.4, -0.2) is 9.97 Å². The normalized spacial score (nSPS) is 10.8. The van der Waals surface area contributed by atoms with E-state index in [1.807, 2.05) is 31.2 Å². The van der Waals surface area contributed by atoms with Crippen molar-refractivity contribution in [2.45, 2.75) is 13.3 Å². The zero-order chi connectivity index (χ0) is 13.2. The van der Waals surface area contributed by atoms with Crippen molar-refractivity contribution >= 4 is 28.4 Å². The monoisotopic (exact) mass is 287 g/mol. The minimum Gasteiger partial charge on any atom is -0.399 e. The van der Waals surface area contributed by atoms with Gasteiger partial charge in [0.05, 0.1) is 17.1 Å². The Bertz CT molecular complexity index is 683. The number of nitrogens with two attached hydrogens (primary N) is 1. The molecule has 0 saturated carbocycles. The molecule has 19 heavy (non-hydrogen) atoms. The highest BCUT2D eigenvalue weighted by atomic mass is 32.1. The van der Waals surface area contributed by atoms with Gasteiger partial charge in [-0.05, 0) is 19.1 Å². The van der Waals surface area contributed by atoms with Crippen molar-refractivity contribution in [3.8, 4) is 11.3 Å². The minimum atomic E-state index is 0.775. The highest BCUT2D eigenvalue weighted by Gasteiger charge is 2.07. The quantitative estimate of drug-likeness (QED) is 0.746. The fourth-order valence-electron chi connectivity index (χ4n) is 1.79. The van der Waals surface area contributed by atoms with Gasteiger partial charge in [0.2, 0.25) is 0 Å². The first-order chi connectivity index (χ1) is 9.20. The molecule has 5 heteroatoms. The maximum Gasteiger partial charge on any atom is 0.100 e. The van der Waals surface area contributed by atoms with E-state index < -0.39 is 0 Å². The van der Waals surface area contributed by atoms with Crippen LogP contribution >= 0.6 is 22.7 Å². The molecule has 0 amide bonds. The molecule has 0 fully saturated rings. The van der Waals surface area contributed by atoms with Crippen LogP contribution in [0.25, 0.3) is 11.3 Å². The zero-order valence-electron chi connectivity index (χ0n) is 10.5. The lowest BCUT2D eigenvalue weighted by molar-refractivity contribution is 1.08. The number of nitrogens with zero attached hydrogens (tertiary/aromatic N) is 2. The number of benzene rings is 1. The molecule has 0 spiro atoms. The Balaban J connectivity index is 1.81. The number of hydrogen-bond donors (Lipinski definition) is 1. The van der Waals surface area contributed by atoms with Crippen molar-refractivity contribution in [3.63, 3.8) is 0 Å². The van der Waals surface area contributed by atoms with Crippen LogP contribution in [0.4, 0.5) is 5.69 Å². The summed E-state index contributed by atoms with van der Waals surface area (Å²) >= 11 is 3.37. The molecular formula is C14H13N3S2. The smallest absolute Gasteiger partial charge is 0.100 e. The molecule has 0 aliphatic rings. The van der Waals surface area contributed by atoms with Crippen LogP contribution in [0.2, 0.25) is 0 Å². The van der Waals surface area contributed by atoms with Crippen molar-refractivity contribution in [1.29, 1.82) is 0 Å². The number of rotatable bonds is 3. The Kier molecular flexibility index (Phi) is 3.31. The highest BCUT2D eigenvalue weighted by molar-refractivity contribution is 7.11. The number of thiazole rings is 2. The first kappa shape index (κ1) is 12.3. The van der Waals surface area contributed by atoms with Crippen molar-refractivity contribution in [1.82, 2.24) is 9.97 Å². The number of nitrogen functional groups attached to an aromatic ring is 1. The van der Waals surface area contributed by atoms with Crippen LogP contribution in [0, 0.1) is 6.92 Å². The third-order valence-electron chi connectivity index (χ3n) is 2.73. The Morgan fingerprint density at radius 3 is 2.37 bits per heavy atom. The molecule has 0 aliphatic carbocycles. The minimum absolute atomic E-state index is 0.775.